The van der Waals surface area contributed by atoms with E-state index in [0.29, 0.717) is 12.6 Å². The van der Waals surface area contributed by atoms with Gasteiger partial charge >= 0.3 is 0 Å². The normalized spacial score (nSPS) is 17.4. The minimum atomic E-state index is 0.470. The fourth-order valence-corrected chi connectivity index (χ4v) is 3.12. The highest BCUT2D eigenvalue weighted by Crippen LogP contribution is 2.25. The van der Waals surface area contributed by atoms with E-state index in [1.807, 2.05) is 18.2 Å². The van der Waals surface area contributed by atoms with E-state index >= 15 is 0 Å². The second-order valence-corrected chi connectivity index (χ2v) is 6.94. The highest BCUT2D eigenvalue weighted by Gasteiger charge is 2.19. The Morgan fingerprint density at radius 3 is 2.52 bits per heavy atom. The molecule has 1 heterocycles. The van der Waals surface area contributed by atoms with Crippen LogP contribution in [0.3, 0.4) is 0 Å². The molecule has 0 aliphatic carbocycles. The average Bonchev–Trinajstić information content (AvgIpc) is 2.70. The van der Waals surface area contributed by atoms with Crippen molar-refractivity contribution in [2.45, 2.75) is 26.4 Å². The Morgan fingerprint density at radius 1 is 1.15 bits per heavy atom. The van der Waals surface area contributed by atoms with Gasteiger partial charge in [-0.25, -0.2) is 4.99 Å². The van der Waals surface area contributed by atoms with Gasteiger partial charge in [-0.05, 0) is 33.0 Å². The molecule has 152 valence electrons. The molecule has 0 aromatic heterocycles. The summed E-state index contributed by atoms with van der Waals surface area (Å²) in [4.78, 5) is 9.63. The van der Waals surface area contributed by atoms with Crippen molar-refractivity contribution in [3.05, 3.63) is 23.8 Å². The summed E-state index contributed by atoms with van der Waals surface area (Å²) in [6, 6.07) is 6.29. The van der Waals surface area contributed by atoms with Crippen LogP contribution in [0.5, 0.6) is 11.5 Å². The molecule has 0 spiro atoms. The monoisotopic (exact) mass is 377 g/mol. The summed E-state index contributed by atoms with van der Waals surface area (Å²) in [5, 5.41) is 6.80. The Labute approximate surface area is 163 Å². The standard InChI is InChI=1S/C20H35N5O2/c1-6-21-20(22-14-16(2)25-11-9-24(3)10-12-25)23-15-17-7-8-18(26-4)13-19(17)27-5/h7-8,13,16H,6,9-12,14-15H2,1-5H3,(H2,21,22,23). The number of nitrogens with zero attached hydrogens (tertiary/aromatic N) is 3. The predicted octanol–water partition coefficient (Wildman–Crippen LogP) is 1.39. The highest BCUT2D eigenvalue weighted by atomic mass is 16.5. The van der Waals surface area contributed by atoms with Gasteiger partial charge in [0.2, 0.25) is 0 Å². The van der Waals surface area contributed by atoms with Gasteiger partial charge in [0.1, 0.15) is 11.5 Å². The van der Waals surface area contributed by atoms with Crippen molar-refractivity contribution in [1.82, 2.24) is 20.4 Å². The Morgan fingerprint density at radius 2 is 1.89 bits per heavy atom. The molecule has 1 aliphatic rings. The molecule has 0 amide bonds. The molecule has 0 saturated carbocycles. The van der Waals surface area contributed by atoms with Gasteiger partial charge in [-0.2, -0.15) is 0 Å². The van der Waals surface area contributed by atoms with Crippen LogP contribution in [0.1, 0.15) is 19.4 Å². The molecule has 0 radical (unpaired) electrons. The zero-order valence-electron chi connectivity index (χ0n) is 17.4. The SMILES string of the molecule is CCNC(=NCc1ccc(OC)cc1OC)NCC(C)N1CCN(C)CC1. The predicted molar refractivity (Wildman–Crippen MR) is 111 cm³/mol. The summed E-state index contributed by atoms with van der Waals surface area (Å²) >= 11 is 0. The van der Waals surface area contributed by atoms with Crippen LogP contribution in [0.25, 0.3) is 0 Å². The van der Waals surface area contributed by atoms with Crippen LogP contribution in [0.4, 0.5) is 0 Å². The quantitative estimate of drug-likeness (QED) is 0.527. The largest absolute Gasteiger partial charge is 0.497 e. The van der Waals surface area contributed by atoms with Crippen molar-refractivity contribution < 1.29 is 9.47 Å². The summed E-state index contributed by atoms with van der Waals surface area (Å²) in [7, 11) is 5.51. The first-order valence-electron chi connectivity index (χ1n) is 9.73. The van der Waals surface area contributed by atoms with Crippen LogP contribution >= 0.6 is 0 Å². The topological polar surface area (TPSA) is 61.4 Å². The minimum Gasteiger partial charge on any atom is -0.497 e. The van der Waals surface area contributed by atoms with E-state index < -0.39 is 0 Å². The number of aliphatic imine (C=N–C) groups is 1. The molecule has 2 rings (SSSR count). The fourth-order valence-electron chi connectivity index (χ4n) is 3.12. The molecule has 1 fully saturated rings. The average molecular weight is 378 g/mol. The Bertz CT molecular complexity index is 600. The molecule has 7 nitrogen and oxygen atoms in total. The van der Waals surface area contributed by atoms with Crippen molar-refractivity contribution in [3.63, 3.8) is 0 Å². The summed E-state index contributed by atoms with van der Waals surface area (Å²) in [6.45, 7) is 11.1. The van der Waals surface area contributed by atoms with Crippen LogP contribution in [0, 0.1) is 0 Å². The zero-order chi connectivity index (χ0) is 19.6. The van der Waals surface area contributed by atoms with E-state index in [-0.39, 0.29) is 0 Å². The maximum absolute atomic E-state index is 5.47. The highest BCUT2D eigenvalue weighted by molar-refractivity contribution is 5.79. The van der Waals surface area contributed by atoms with E-state index in [1.165, 1.54) is 0 Å². The molecule has 0 bridgehead atoms. The van der Waals surface area contributed by atoms with Crippen LogP contribution in [-0.4, -0.2) is 82.3 Å². The first kappa shape index (κ1) is 21.3. The number of ether oxygens (including phenoxy) is 2. The third-order valence-corrected chi connectivity index (χ3v) is 4.97. The first-order chi connectivity index (χ1) is 13.1. The van der Waals surface area contributed by atoms with E-state index in [2.05, 4.69) is 41.3 Å². The smallest absolute Gasteiger partial charge is 0.191 e. The Balaban J connectivity index is 1.94. The lowest BCUT2D eigenvalue weighted by Gasteiger charge is -2.36. The lowest BCUT2D eigenvalue weighted by molar-refractivity contribution is 0.120. The van der Waals surface area contributed by atoms with Crippen molar-refractivity contribution in [1.29, 1.82) is 0 Å². The Kier molecular flexibility index (Phi) is 8.67. The van der Waals surface area contributed by atoms with Gasteiger partial charge in [-0.3, -0.25) is 4.90 Å². The number of hydrogen-bond donors (Lipinski definition) is 2. The van der Waals surface area contributed by atoms with Crippen LogP contribution in [-0.2, 0) is 6.54 Å². The van der Waals surface area contributed by atoms with Gasteiger partial charge in [0, 0.05) is 56.9 Å². The van der Waals surface area contributed by atoms with Crippen molar-refractivity contribution in [2.75, 3.05) is 60.5 Å². The number of hydrogen-bond acceptors (Lipinski definition) is 5. The Hall–Kier alpha value is -1.99. The number of guanidine groups is 1. The molecular formula is C20H35N5O2. The van der Waals surface area contributed by atoms with Gasteiger partial charge < -0.3 is 25.0 Å². The van der Waals surface area contributed by atoms with Crippen LogP contribution < -0.4 is 20.1 Å². The lowest BCUT2D eigenvalue weighted by atomic mass is 10.2. The number of piperazine rings is 1. The third kappa shape index (κ3) is 6.59. The summed E-state index contributed by atoms with van der Waals surface area (Å²) in [5.74, 6) is 2.40. The van der Waals surface area contributed by atoms with Gasteiger partial charge in [0.15, 0.2) is 5.96 Å². The van der Waals surface area contributed by atoms with Gasteiger partial charge in [-0.1, -0.05) is 0 Å². The summed E-state index contributed by atoms with van der Waals surface area (Å²) in [6.07, 6.45) is 0. The van der Waals surface area contributed by atoms with Crippen LogP contribution in [0.15, 0.2) is 23.2 Å². The van der Waals surface area contributed by atoms with Crippen molar-refractivity contribution in [2.24, 2.45) is 4.99 Å². The molecule has 1 aliphatic heterocycles. The van der Waals surface area contributed by atoms with Crippen LogP contribution in [0.2, 0.25) is 0 Å². The first-order valence-corrected chi connectivity index (χ1v) is 9.73. The fraction of sp³-hybridized carbons (Fsp3) is 0.650. The maximum Gasteiger partial charge on any atom is 0.191 e. The van der Waals surface area contributed by atoms with Crippen molar-refractivity contribution in [3.8, 4) is 11.5 Å². The molecule has 27 heavy (non-hydrogen) atoms. The molecule has 1 aromatic carbocycles. The second kappa shape index (κ2) is 11.0. The molecule has 1 unspecified atom stereocenters. The third-order valence-electron chi connectivity index (χ3n) is 4.97. The number of benzene rings is 1. The minimum absolute atomic E-state index is 0.470. The molecule has 1 saturated heterocycles. The van der Waals surface area contributed by atoms with E-state index in [0.717, 1.165) is 62.3 Å². The van der Waals surface area contributed by atoms with E-state index in [4.69, 9.17) is 14.5 Å². The molecular weight excluding hydrogens is 342 g/mol. The summed E-state index contributed by atoms with van der Waals surface area (Å²) < 4.78 is 10.7. The molecule has 7 heteroatoms. The number of likely N-dealkylation sites (N-methyl/N-ethyl adjacent to an activating group) is 1. The lowest BCUT2D eigenvalue weighted by Crippen LogP contribution is -2.52. The second-order valence-electron chi connectivity index (χ2n) is 6.94. The summed E-state index contributed by atoms with van der Waals surface area (Å²) in [5.41, 5.74) is 1.03. The molecule has 1 atom stereocenters. The number of methoxy groups -OCH3 is 2. The van der Waals surface area contributed by atoms with E-state index in [1.54, 1.807) is 14.2 Å². The zero-order valence-corrected chi connectivity index (χ0v) is 17.4. The molecule has 2 N–H and O–H groups in total. The maximum atomic E-state index is 5.47. The van der Waals surface area contributed by atoms with E-state index in [9.17, 15) is 0 Å². The number of rotatable bonds is 8. The molecule has 1 aromatic rings. The number of nitrogens with one attached hydrogen (secondary N) is 2. The van der Waals surface area contributed by atoms with Crippen molar-refractivity contribution >= 4 is 5.96 Å². The van der Waals surface area contributed by atoms with Gasteiger partial charge in [0.05, 0.1) is 20.8 Å². The van der Waals surface area contributed by atoms with Gasteiger partial charge in [-0.15, -0.1) is 0 Å². The van der Waals surface area contributed by atoms with Gasteiger partial charge in [0.25, 0.3) is 0 Å².